The molecule has 2 aromatic heterocycles. The number of benzene rings is 4. The van der Waals surface area contributed by atoms with E-state index in [9.17, 15) is 0 Å². The first-order chi connectivity index (χ1) is 17.0. The molecule has 3 nitrogen and oxygen atoms in total. The van der Waals surface area contributed by atoms with Gasteiger partial charge >= 0.3 is 0 Å². The summed E-state index contributed by atoms with van der Waals surface area (Å²) < 4.78 is 5.95. The number of hydrogen-bond acceptors (Lipinski definition) is 2. The normalized spacial score (nSPS) is 11.7. The van der Waals surface area contributed by atoms with Crippen LogP contribution in [0.2, 0.25) is 0 Å². The zero-order valence-corrected chi connectivity index (χ0v) is 21.3. The van der Waals surface area contributed by atoms with Gasteiger partial charge in [-0.3, -0.25) is 0 Å². The number of thiazole rings is 1. The first-order valence-electron chi connectivity index (χ1n) is 12.1. The van der Waals surface area contributed by atoms with E-state index < -0.39 is 0 Å². The Morgan fingerprint density at radius 2 is 1.49 bits per heavy atom. The average molecular weight is 475 g/mol. The molecule has 0 saturated carbocycles. The van der Waals surface area contributed by atoms with E-state index in [0.29, 0.717) is 5.92 Å². The SMILES string of the molecule is Cc1ccc2sc(C(C)C)nc2c1-c1n(-c2ccc(-c3ccccc3)cc2)c2ccccc2[n+]1C. The van der Waals surface area contributed by atoms with Crippen LogP contribution in [0.25, 0.3) is 49.5 Å². The summed E-state index contributed by atoms with van der Waals surface area (Å²) in [6.45, 7) is 6.63. The van der Waals surface area contributed by atoms with E-state index in [1.807, 2.05) is 11.3 Å². The summed E-state index contributed by atoms with van der Waals surface area (Å²) in [5.41, 5.74) is 9.52. The molecule has 6 aromatic rings. The van der Waals surface area contributed by atoms with Crippen molar-refractivity contribution < 1.29 is 4.57 Å². The van der Waals surface area contributed by atoms with Crippen LogP contribution < -0.4 is 4.57 Å². The lowest BCUT2D eigenvalue weighted by molar-refractivity contribution is -0.633. The van der Waals surface area contributed by atoms with Crippen LogP contribution in [0.4, 0.5) is 0 Å². The van der Waals surface area contributed by atoms with E-state index in [1.165, 1.54) is 43.0 Å². The number of fused-ring (bicyclic) bond motifs is 2. The average Bonchev–Trinajstić information content (AvgIpc) is 3.45. The van der Waals surface area contributed by atoms with E-state index in [1.54, 1.807) is 0 Å². The lowest BCUT2D eigenvalue weighted by Gasteiger charge is -2.08. The first-order valence-corrected chi connectivity index (χ1v) is 12.9. The molecule has 0 amide bonds. The highest BCUT2D eigenvalue weighted by Crippen LogP contribution is 2.37. The molecule has 0 atom stereocenters. The largest absolute Gasteiger partial charge is 0.297 e. The van der Waals surface area contributed by atoms with E-state index in [2.05, 4.69) is 128 Å². The molecule has 0 aliphatic rings. The van der Waals surface area contributed by atoms with Crippen molar-refractivity contribution >= 4 is 32.6 Å². The molecule has 0 N–H and O–H groups in total. The van der Waals surface area contributed by atoms with Crippen LogP contribution in [0.15, 0.2) is 91.0 Å². The van der Waals surface area contributed by atoms with Gasteiger partial charge in [0.1, 0.15) is 5.69 Å². The Bertz CT molecular complexity index is 1670. The van der Waals surface area contributed by atoms with Gasteiger partial charge in [-0.05, 0) is 53.9 Å². The molecule has 6 rings (SSSR count). The molecule has 4 aromatic carbocycles. The third kappa shape index (κ3) is 3.57. The molecule has 2 heterocycles. The second kappa shape index (κ2) is 8.47. The van der Waals surface area contributed by atoms with Crippen molar-refractivity contribution in [2.75, 3.05) is 0 Å². The van der Waals surface area contributed by atoms with E-state index in [0.717, 1.165) is 17.0 Å². The quantitative estimate of drug-likeness (QED) is 0.239. The molecule has 0 aliphatic carbocycles. The fourth-order valence-electron chi connectivity index (χ4n) is 4.93. The highest BCUT2D eigenvalue weighted by Gasteiger charge is 2.29. The molecular formula is C31H28N3S+. The molecule has 0 radical (unpaired) electrons. The summed E-state index contributed by atoms with van der Waals surface area (Å²) >= 11 is 1.81. The fraction of sp³-hybridized carbons (Fsp3) is 0.161. The minimum Gasteiger partial charge on any atom is -0.240 e. The van der Waals surface area contributed by atoms with Gasteiger partial charge in [0.2, 0.25) is 0 Å². The zero-order chi connectivity index (χ0) is 24.1. The number of aromatic nitrogens is 3. The van der Waals surface area contributed by atoms with Crippen molar-refractivity contribution in [1.29, 1.82) is 0 Å². The van der Waals surface area contributed by atoms with Crippen LogP contribution in [0.5, 0.6) is 0 Å². The fourth-order valence-corrected chi connectivity index (χ4v) is 5.91. The third-order valence-electron chi connectivity index (χ3n) is 6.75. The second-order valence-corrected chi connectivity index (χ2v) is 10.5. The van der Waals surface area contributed by atoms with Crippen LogP contribution in [0.3, 0.4) is 0 Å². The predicted octanol–water partition coefficient (Wildman–Crippen LogP) is 7.83. The van der Waals surface area contributed by atoms with Crippen molar-refractivity contribution in [3.05, 3.63) is 102 Å². The number of nitrogens with zero attached hydrogens (tertiary/aromatic N) is 3. The molecular weight excluding hydrogens is 446 g/mol. The highest BCUT2D eigenvalue weighted by atomic mass is 32.1. The topological polar surface area (TPSA) is 21.7 Å². The van der Waals surface area contributed by atoms with Crippen LogP contribution in [0, 0.1) is 6.92 Å². The molecule has 0 aliphatic heterocycles. The number of hydrogen-bond donors (Lipinski definition) is 0. The Morgan fingerprint density at radius 1 is 0.800 bits per heavy atom. The summed E-state index contributed by atoms with van der Waals surface area (Å²) in [5, 5.41) is 1.18. The number of rotatable bonds is 4. The second-order valence-electron chi connectivity index (χ2n) is 9.43. The zero-order valence-electron chi connectivity index (χ0n) is 20.5. The Balaban J connectivity index is 1.63. The van der Waals surface area contributed by atoms with E-state index in [-0.39, 0.29) is 0 Å². The molecule has 0 saturated heterocycles. The molecule has 35 heavy (non-hydrogen) atoms. The van der Waals surface area contributed by atoms with Gasteiger partial charge in [0, 0.05) is 5.92 Å². The molecule has 0 fully saturated rings. The van der Waals surface area contributed by atoms with Crippen molar-refractivity contribution in [1.82, 2.24) is 9.55 Å². The Hall–Kier alpha value is -3.76. The maximum absolute atomic E-state index is 5.14. The van der Waals surface area contributed by atoms with Crippen molar-refractivity contribution in [2.45, 2.75) is 26.7 Å². The minimum absolute atomic E-state index is 0.408. The number of aryl methyl sites for hydroxylation is 2. The van der Waals surface area contributed by atoms with Crippen molar-refractivity contribution in [2.24, 2.45) is 7.05 Å². The summed E-state index contributed by atoms with van der Waals surface area (Å²) in [6, 6.07) is 32.5. The van der Waals surface area contributed by atoms with Gasteiger partial charge < -0.3 is 0 Å². The van der Waals surface area contributed by atoms with Gasteiger partial charge in [-0.2, -0.15) is 4.57 Å². The van der Waals surface area contributed by atoms with E-state index in [4.69, 9.17) is 4.98 Å². The predicted molar refractivity (Wildman–Crippen MR) is 147 cm³/mol. The van der Waals surface area contributed by atoms with Gasteiger partial charge in [-0.15, -0.1) is 11.3 Å². The third-order valence-corrected chi connectivity index (χ3v) is 8.07. The van der Waals surface area contributed by atoms with Crippen molar-refractivity contribution in [3.63, 3.8) is 0 Å². The maximum Gasteiger partial charge on any atom is 0.297 e. The van der Waals surface area contributed by atoms with Gasteiger partial charge in [0.25, 0.3) is 5.82 Å². The summed E-state index contributed by atoms with van der Waals surface area (Å²) in [5.74, 6) is 1.56. The summed E-state index contributed by atoms with van der Waals surface area (Å²) in [7, 11) is 2.17. The van der Waals surface area contributed by atoms with E-state index >= 15 is 0 Å². The van der Waals surface area contributed by atoms with Gasteiger partial charge in [0.05, 0.1) is 27.8 Å². The Labute approximate surface area is 209 Å². The van der Waals surface area contributed by atoms with Crippen molar-refractivity contribution in [3.8, 4) is 28.2 Å². The van der Waals surface area contributed by atoms with Gasteiger partial charge in [-0.25, -0.2) is 9.55 Å². The van der Waals surface area contributed by atoms with Gasteiger partial charge in [0.15, 0.2) is 11.0 Å². The molecule has 0 spiro atoms. The Kier molecular flexibility index (Phi) is 5.27. The van der Waals surface area contributed by atoms with Crippen LogP contribution >= 0.6 is 11.3 Å². The molecule has 0 unspecified atom stereocenters. The standard InChI is InChI=1S/C31H28N3S/c1-20(2)30-32-29-27(35-30)19-14-21(3)28(29)31-33(4)25-12-8-9-13-26(25)34(31)24-17-15-23(16-18-24)22-10-6-5-7-11-22/h5-20H,1-4H3/q+1. The number of para-hydroxylation sites is 2. The molecule has 0 bridgehead atoms. The summed E-state index contributed by atoms with van der Waals surface area (Å²) in [4.78, 5) is 5.14. The molecule has 172 valence electrons. The Morgan fingerprint density at radius 3 is 2.23 bits per heavy atom. The van der Waals surface area contributed by atoms with Crippen LogP contribution in [-0.4, -0.2) is 9.55 Å². The number of imidazole rings is 1. The monoisotopic (exact) mass is 474 g/mol. The lowest BCUT2D eigenvalue weighted by atomic mass is 10.0. The van der Waals surface area contributed by atoms with Crippen LogP contribution in [-0.2, 0) is 7.05 Å². The first kappa shape index (κ1) is 21.8. The smallest absolute Gasteiger partial charge is 0.240 e. The minimum atomic E-state index is 0.408. The molecule has 4 heteroatoms. The van der Waals surface area contributed by atoms with Gasteiger partial charge in [-0.1, -0.05) is 74.5 Å². The maximum atomic E-state index is 5.14. The van der Waals surface area contributed by atoms with Crippen LogP contribution in [0.1, 0.15) is 30.3 Å². The highest BCUT2D eigenvalue weighted by molar-refractivity contribution is 7.18. The summed E-state index contributed by atoms with van der Waals surface area (Å²) in [6.07, 6.45) is 0. The lowest BCUT2D eigenvalue weighted by Crippen LogP contribution is -2.30.